The van der Waals surface area contributed by atoms with E-state index in [1.165, 1.54) is 6.07 Å². The molecule has 3 heteroatoms. The highest BCUT2D eigenvalue weighted by molar-refractivity contribution is 5.61. The molecule has 1 aliphatic carbocycles. The van der Waals surface area contributed by atoms with Crippen molar-refractivity contribution >= 4 is 5.69 Å². The molecule has 18 heavy (non-hydrogen) atoms. The number of halogens is 1. The van der Waals surface area contributed by atoms with E-state index in [9.17, 15) is 4.39 Å². The Bertz CT molecular complexity index is 557. The van der Waals surface area contributed by atoms with Crippen molar-refractivity contribution in [3.05, 3.63) is 65.7 Å². The molecule has 0 spiro atoms. The van der Waals surface area contributed by atoms with Crippen LogP contribution in [0.5, 0.6) is 0 Å². The number of para-hydroxylation sites is 1. The molecule has 0 fully saturated rings. The topological polar surface area (TPSA) is 29.3 Å². The van der Waals surface area contributed by atoms with Gasteiger partial charge in [-0.1, -0.05) is 30.4 Å². The van der Waals surface area contributed by atoms with E-state index in [0.29, 0.717) is 5.69 Å². The molecule has 0 aromatic heterocycles. The number of anilines is 1. The molecule has 1 aliphatic heterocycles. The fourth-order valence-electron chi connectivity index (χ4n) is 2.50. The van der Waals surface area contributed by atoms with Crippen molar-refractivity contribution in [2.24, 2.45) is 5.73 Å². The van der Waals surface area contributed by atoms with Crippen LogP contribution in [0.2, 0.25) is 0 Å². The summed E-state index contributed by atoms with van der Waals surface area (Å²) in [6.45, 7) is 0. The van der Waals surface area contributed by atoms with Gasteiger partial charge in [0.25, 0.3) is 0 Å². The van der Waals surface area contributed by atoms with Gasteiger partial charge in [0.2, 0.25) is 0 Å². The van der Waals surface area contributed by atoms with Crippen LogP contribution >= 0.6 is 0 Å². The number of hydrogen-bond donors (Lipinski definition) is 1. The highest BCUT2D eigenvalue weighted by Crippen LogP contribution is 2.33. The van der Waals surface area contributed by atoms with Crippen molar-refractivity contribution in [3.8, 4) is 0 Å². The Kier molecular flexibility index (Phi) is 2.76. The maximum atomic E-state index is 13.9. The Morgan fingerprint density at radius 1 is 1.22 bits per heavy atom. The molecule has 1 atom stereocenters. The highest BCUT2D eigenvalue weighted by atomic mass is 19.1. The van der Waals surface area contributed by atoms with E-state index in [4.69, 9.17) is 5.73 Å². The molecule has 92 valence electrons. The van der Waals surface area contributed by atoms with Crippen LogP contribution in [0.15, 0.2) is 59.8 Å². The number of rotatable bonds is 1. The van der Waals surface area contributed by atoms with Crippen LogP contribution in [0, 0.1) is 5.82 Å². The van der Waals surface area contributed by atoms with E-state index >= 15 is 0 Å². The largest absolute Gasteiger partial charge is 0.323 e. The van der Waals surface area contributed by atoms with Crippen LogP contribution in [-0.4, -0.2) is 6.17 Å². The van der Waals surface area contributed by atoms with Crippen LogP contribution in [0.3, 0.4) is 0 Å². The number of hydrogen-bond acceptors (Lipinski definition) is 2. The van der Waals surface area contributed by atoms with Gasteiger partial charge in [-0.3, -0.25) is 0 Å². The minimum Gasteiger partial charge on any atom is -0.323 e. The first-order valence-corrected chi connectivity index (χ1v) is 6.14. The molecular formula is C15H15FN2. The maximum Gasteiger partial charge on any atom is 0.146 e. The van der Waals surface area contributed by atoms with Crippen LogP contribution in [0.4, 0.5) is 10.1 Å². The molecule has 1 unspecified atom stereocenters. The Morgan fingerprint density at radius 2 is 2.06 bits per heavy atom. The van der Waals surface area contributed by atoms with Gasteiger partial charge in [0.15, 0.2) is 0 Å². The lowest BCUT2D eigenvalue weighted by Crippen LogP contribution is -2.43. The Morgan fingerprint density at radius 3 is 2.89 bits per heavy atom. The molecule has 2 N–H and O–H groups in total. The Balaban J connectivity index is 2.10. The molecule has 3 rings (SSSR count). The zero-order valence-electron chi connectivity index (χ0n) is 10.0. The van der Waals surface area contributed by atoms with Gasteiger partial charge in [0.1, 0.15) is 12.0 Å². The SMILES string of the molecule is NC1C=CC2=C(CCC=C2)N1c1ccccc1F. The van der Waals surface area contributed by atoms with Crippen LogP contribution in [0.25, 0.3) is 0 Å². The van der Waals surface area contributed by atoms with Crippen molar-refractivity contribution in [2.75, 3.05) is 4.90 Å². The zero-order chi connectivity index (χ0) is 12.5. The van der Waals surface area contributed by atoms with E-state index in [-0.39, 0.29) is 12.0 Å². The fourth-order valence-corrected chi connectivity index (χ4v) is 2.50. The lowest BCUT2D eigenvalue weighted by atomic mass is 9.97. The number of nitrogens with zero attached hydrogens (tertiary/aromatic N) is 1. The van der Waals surface area contributed by atoms with E-state index in [1.807, 2.05) is 23.1 Å². The van der Waals surface area contributed by atoms with Crippen molar-refractivity contribution in [3.63, 3.8) is 0 Å². The first kappa shape index (κ1) is 11.2. The molecule has 0 amide bonds. The normalized spacial score (nSPS) is 22.3. The summed E-state index contributed by atoms with van der Waals surface area (Å²) in [6, 6.07) is 6.78. The van der Waals surface area contributed by atoms with Gasteiger partial charge >= 0.3 is 0 Å². The van der Waals surface area contributed by atoms with Gasteiger partial charge < -0.3 is 10.6 Å². The Labute approximate surface area is 106 Å². The third-order valence-electron chi connectivity index (χ3n) is 3.35. The summed E-state index contributed by atoms with van der Waals surface area (Å²) in [6.07, 6.45) is 9.72. The maximum absolute atomic E-state index is 13.9. The minimum atomic E-state index is -0.299. The van der Waals surface area contributed by atoms with Crippen molar-refractivity contribution < 1.29 is 4.39 Å². The molecule has 2 aliphatic rings. The minimum absolute atomic E-state index is 0.232. The van der Waals surface area contributed by atoms with Gasteiger partial charge in [-0.05, 0) is 36.6 Å². The van der Waals surface area contributed by atoms with E-state index < -0.39 is 0 Å². The molecule has 0 saturated heterocycles. The number of benzene rings is 1. The summed E-state index contributed by atoms with van der Waals surface area (Å²) in [7, 11) is 0. The van der Waals surface area contributed by atoms with Gasteiger partial charge in [0, 0.05) is 5.70 Å². The standard InChI is InChI=1S/C15H15FN2/c16-12-6-2-4-8-14(12)18-13-7-3-1-5-11(13)9-10-15(18)17/h1-2,4-6,8-10,15H,3,7,17H2. The average molecular weight is 242 g/mol. The lowest BCUT2D eigenvalue weighted by Gasteiger charge is -2.36. The van der Waals surface area contributed by atoms with E-state index in [1.54, 1.807) is 12.1 Å². The molecule has 1 aromatic rings. The second kappa shape index (κ2) is 4.42. The summed E-state index contributed by atoms with van der Waals surface area (Å²) < 4.78 is 13.9. The van der Waals surface area contributed by atoms with Crippen LogP contribution in [0.1, 0.15) is 12.8 Å². The average Bonchev–Trinajstić information content (AvgIpc) is 2.40. The first-order chi connectivity index (χ1) is 8.77. The van der Waals surface area contributed by atoms with Crippen molar-refractivity contribution in [1.82, 2.24) is 0 Å². The Hall–Kier alpha value is -1.87. The third-order valence-corrected chi connectivity index (χ3v) is 3.35. The van der Waals surface area contributed by atoms with E-state index in [2.05, 4.69) is 12.2 Å². The summed E-state index contributed by atoms with van der Waals surface area (Å²) in [5.74, 6) is -0.232. The predicted octanol–water partition coefficient (Wildman–Crippen LogP) is 3.09. The van der Waals surface area contributed by atoms with Gasteiger partial charge in [-0.15, -0.1) is 0 Å². The highest BCUT2D eigenvalue weighted by Gasteiger charge is 2.25. The van der Waals surface area contributed by atoms with Crippen molar-refractivity contribution in [2.45, 2.75) is 19.0 Å². The quantitative estimate of drug-likeness (QED) is 0.820. The fraction of sp³-hybridized carbons (Fsp3) is 0.200. The number of nitrogens with two attached hydrogens (primary N) is 1. The number of allylic oxidation sites excluding steroid dienone is 5. The first-order valence-electron chi connectivity index (χ1n) is 6.14. The van der Waals surface area contributed by atoms with Gasteiger partial charge in [0.05, 0.1) is 5.69 Å². The monoisotopic (exact) mass is 242 g/mol. The third kappa shape index (κ3) is 1.77. The zero-order valence-corrected chi connectivity index (χ0v) is 10.0. The summed E-state index contributed by atoms with van der Waals surface area (Å²) in [4.78, 5) is 1.90. The summed E-state index contributed by atoms with van der Waals surface area (Å²) in [5, 5.41) is 0. The summed E-state index contributed by atoms with van der Waals surface area (Å²) in [5.41, 5.74) is 8.89. The molecule has 1 aromatic carbocycles. The van der Waals surface area contributed by atoms with Crippen molar-refractivity contribution in [1.29, 1.82) is 0 Å². The summed E-state index contributed by atoms with van der Waals surface area (Å²) >= 11 is 0. The van der Waals surface area contributed by atoms with Crippen LogP contribution in [-0.2, 0) is 0 Å². The molecule has 0 saturated carbocycles. The van der Waals surface area contributed by atoms with E-state index in [0.717, 1.165) is 24.1 Å². The molecular weight excluding hydrogens is 227 g/mol. The molecule has 2 nitrogen and oxygen atoms in total. The lowest BCUT2D eigenvalue weighted by molar-refractivity contribution is 0.611. The molecule has 1 heterocycles. The van der Waals surface area contributed by atoms with Gasteiger partial charge in [-0.25, -0.2) is 4.39 Å². The van der Waals surface area contributed by atoms with Gasteiger partial charge in [-0.2, -0.15) is 0 Å². The van der Waals surface area contributed by atoms with Crippen LogP contribution < -0.4 is 10.6 Å². The molecule has 0 radical (unpaired) electrons. The smallest absolute Gasteiger partial charge is 0.146 e. The second-order valence-electron chi connectivity index (χ2n) is 4.51. The molecule has 0 bridgehead atoms. The second-order valence-corrected chi connectivity index (χ2v) is 4.51. The predicted molar refractivity (Wildman–Crippen MR) is 71.4 cm³/mol.